The van der Waals surface area contributed by atoms with Gasteiger partial charge in [0, 0.05) is 55.1 Å². The maximum Gasteiger partial charge on any atom is 0.163 e. The number of aryl methyl sites for hydroxylation is 1. The first-order valence-electron chi connectivity index (χ1n) is 9.14. The summed E-state index contributed by atoms with van der Waals surface area (Å²) in [5, 5.41) is 4.87. The quantitative estimate of drug-likeness (QED) is 0.766. The molecule has 5 heteroatoms. The van der Waals surface area contributed by atoms with Crippen molar-refractivity contribution in [2.75, 3.05) is 32.1 Å². The van der Waals surface area contributed by atoms with Gasteiger partial charge < -0.3 is 24.3 Å². The van der Waals surface area contributed by atoms with Crippen LogP contribution in [0.2, 0.25) is 0 Å². The zero-order valence-corrected chi connectivity index (χ0v) is 15.2. The van der Waals surface area contributed by atoms with E-state index in [0.717, 1.165) is 42.4 Å². The monoisotopic (exact) mass is 349 g/mol. The first kappa shape index (κ1) is 15.6. The molecule has 0 saturated carbocycles. The predicted octanol–water partition coefficient (Wildman–Crippen LogP) is 3.68. The second-order valence-corrected chi connectivity index (χ2v) is 7.19. The molecule has 0 unspecified atom stereocenters. The second-order valence-electron chi connectivity index (χ2n) is 7.19. The van der Waals surface area contributed by atoms with Crippen LogP contribution >= 0.6 is 0 Å². The topological polar surface area (TPSA) is 38.7 Å². The molecule has 5 nitrogen and oxygen atoms in total. The molecule has 3 heterocycles. The molecule has 1 N–H and O–H groups in total. The third-order valence-corrected chi connectivity index (χ3v) is 5.43. The van der Waals surface area contributed by atoms with Gasteiger partial charge >= 0.3 is 0 Å². The van der Waals surface area contributed by atoms with E-state index in [1.165, 1.54) is 22.2 Å². The smallest absolute Gasteiger partial charge is 0.163 e. The van der Waals surface area contributed by atoms with Crippen LogP contribution < -0.4 is 14.8 Å². The molecule has 0 atom stereocenters. The fourth-order valence-corrected chi connectivity index (χ4v) is 4.07. The second kappa shape index (κ2) is 5.95. The number of hydrogen-bond donors (Lipinski definition) is 1. The van der Waals surface area contributed by atoms with Crippen LogP contribution in [0.1, 0.15) is 11.3 Å². The van der Waals surface area contributed by atoms with Crippen molar-refractivity contribution >= 4 is 22.3 Å². The zero-order chi connectivity index (χ0) is 17.7. The molecule has 26 heavy (non-hydrogen) atoms. The lowest BCUT2D eigenvalue weighted by Crippen LogP contribution is -2.26. The summed E-state index contributed by atoms with van der Waals surface area (Å²) in [7, 11) is 4.37. The van der Waals surface area contributed by atoms with Crippen LogP contribution in [-0.4, -0.2) is 36.3 Å². The Morgan fingerprint density at radius 2 is 1.69 bits per heavy atom. The Morgan fingerprint density at radius 3 is 2.58 bits per heavy atom. The number of likely N-dealkylation sites (N-methyl/N-ethyl adjacent to an activating group) is 1. The van der Waals surface area contributed by atoms with E-state index in [0.29, 0.717) is 13.2 Å². The predicted molar refractivity (Wildman–Crippen MR) is 104 cm³/mol. The lowest BCUT2D eigenvalue weighted by molar-refractivity contribution is 0.171. The van der Waals surface area contributed by atoms with E-state index in [-0.39, 0.29) is 0 Å². The van der Waals surface area contributed by atoms with E-state index in [4.69, 9.17) is 9.47 Å². The Bertz CT molecular complexity index is 993. The Kier molecular flexibility index (Phi) is 3.57. The van der Waals surface area contributed by atoms with Crippen LogP contribution in [-0.2, 0) is 20.0 Å². The first-order valence-corrected chi connectivity index (χ1v) is 9.14. The molecule has 1 aromatic heterocycles. The van der Waals surface area contributed by atoms with Gasteiger partial charge in [0.1, 0.15) is 13.2 Å². The average Bonchev–Trinajstić information content (AvgIpc) is 2.93. The van der Waals surface area contributed by atoms with Gasteiger partial charge in [0.25, 0.3) is 0 Å². The van der Waals surface area contributed by atoms with E-state index in [2.05, 4.69) is 47.1 Å². The molecule has 2 aliphatic heterocycles. The number of hydrogen-bond acceptors (Lipinski definition) is 4. The van der Waals surface area contributed by atoms with Crippen LogP contribution in [0.5, 0.6) is 11.5 Å². The van der Waals surface area contributed by atoms with Crippen molar-refractivity contribution < 1.29 is 9.47 Å². The highest BCUT2D eigenvalue weighted by Gasteiger charge is 2.21. The van der Waals surface area contributed by atoms with E-state index < -0.39 is 0 Å². The highest BCUT2D eigenvalue weighted by Crippen LogP contribution is 2.35. The standard InChI is InChI=1S/C21H23N3O2/c1-23-8-7-18-17(13-23)16-5-3-14(11-19(16)24(18)2)22-15-4-6-20-21(12-15)26-10-9-25-20/h3-6,11-12,22H,7-10,13H2,1-2H3. The Balaban J connectivity index is 1.49. The van der Waals surface area contributed by atoms with Crippen molar-refractivity contribution in [3.05, 3.63) is 47.7 Å². The van der Waals surface area contributed by atoms with E-state index >= 15 is 0 Å². The summed E-state index contributed by atoms with van der Waals surface area (Å²) in [6.45, 7) is 3.37. The van der Waals surface area contributed by atoms with Crippen molar-refractivity contribution in [2.24, 2.45) is 7.05 Å². The van der Waals surface area contributed by atoms with Crippen molar-refractivity contribution in [3.8, 4) is 11.5 Å². The SMILES string of the molecule is CN1CCc2c(c3ccc(Nc4ccc5c(c4)OCCO5)cc3n2C)C1. The van der Waals surface area contributed by atoms with E-state index in [1.54, 1.807) is 0 Å². The fraction of sp³-hybridized carbons (Fsp3) is 0.333. The zero-order valence-electron chi connectivity index (χ0n) is 15.2. The molecular weight excluding hydrogens is 326 g/mol. The highest BCUT2D eigenvalue weighted by molar-refractivity contribution is 5.89. The number of rotatable bonds is 2. The van der Waals surface area contributed by atoms with Crippen LogP contribution in [0.4, 0.5) is 11.4 Å². The van der Waals surface area contributed by atoms with Gasteiger partial charge in [0.05, 0.1) is 5.52 Å². The summed E-state index contributed by atoms with van der Waals surface area (Å²) in [5.74, 6) is 1.62. The molecular formula is C21H23N3O2. The minimum atomic E-state index is 0.603. The number of anilines is 2. The number of nitrogens with one attached hydrogen (secondary N) is 1. The van der Waals surface area contributed by atoms with Crippen LogP contribution in [0.25, 0.3) is 10.9 Å². The number of ether oxygens (including phenoxy) is 2. The molecule has 0 spiro atoms. The van der Waals surface area contributed by atoms with Crippen molar-refractivity contribution in [1.82, 2.24) is 9.47 Å². The third kappa shape index (κ3) is 2.51. The Morgan fingerprint density at radius 1 is 0.923 bits per heavy atom. The molecule has 3 aromatic rings. The summed E-state index contributed by atoms with van der Waals surface area (Å²) in [6.07, 6.45) is 1.11. The molecule has 0 fully saturated rings. The van der Waals surface area contributed by atoms with Gasteiger partial charge in [-0.15, -0.1) is 0 Å². The largest absolute Gasteiger partial charge is 0.486 e. The maximum atomic E-state index is 5.68. The minimum absolute atomic E-state index is 0.603. The molecule has 134 valence electrons. The van der Waals surface area contributed by atoms with Crippen LogP contribution in [0.15, 0.2) is 36.4 Å². The van der Waals surface area contributed by atoms with Gasteiger partial charge in [-0.25, -0.2) is 0 Å². The van der Waals surface area contributed by atoms with Gasteiger partial charge in [-0.3, -0.25) is 0 Å². The molecule has 2 aromatic carbocycles. The summed E-state index contributed by atoms with van der Waals surface area (Å²) in [4.78, 5) is 2.39. The van der Waals surface area contributed by atoms with Gasteiger partial charge in [0.15, 0.2) is 11.5 Å². The van der Waals surface area contributed by atoms with Gasteiger partial charge in [-0.1, -0.05) is 6.07 Å². The molecule has 0 bridgehead atoms. The maximum absolute atomic E-state index is 5.68. The lowest BCUT2D eigenvalue weighted by Gasteiger charge is -2.23. The highest BCUT2D eigenvalue weighted by atomic mass is 16.6. The molecule has 0 saturated heterocycles. The number of aromatic nitrogens is 1. The fourth-order valence-electron chi connectivity index (χ4n) is 4.07. The van der Waals surface area contributed by atoms with E-state index in [9.17, 15) is 0 Å². The summed E-state index contributed by atoms with van der Waals surface area (Å²) >= 11 is 0. The normalized spacial score (nSPS) is 16.5. The molecule has 0 amide bonds. The van der Waals surface area contributed by atoms with Crippen molar-refractivity contribution in [1.29, 1.82) is 0 Å². The number of benzene rings is 2. The minimum Gasteiger partial charge on any atom is -0.486 e. The first-order chi connectivity index (χ1) is 12.7. The molecule has 2 aliphatic rings. The van der Waals surface area contributed by atoms with Crippen molar-refractivity contribution in [2.45, 2.75) is 13.0 Å². The summed E-state index contributed by atoms with van der Waals surface area (Å²) in [5.41, 5.74) is 6.32. The van der Waals surface area contributed by atoms with Crippen LogP contribution in [0.3, 0.4) is 0 Å². The van der Waals surface area contributed by atoms with Gasteiger partial charge in [-0.2, -0.15) is 0 Å². The van der Waals surface area contributed by atoms with Crippen molar-refractivity contribution in [3.63, 3.8) is 0 Å². The molecule has 5 rings (SSSR count). The Labute approximate surface area is 153 Å². The molecule has 0 radical (unpaired) electrons. The summed E-state index contributed by atoms with van der Waals surface area (Å²) < 4.78 is 13.6. The number of fused-ring (bicyclic) bond motifs is 4. The van der Waals surface area contributed by atoms with Gasteiger partial charge in [0.2, 0.25) is 0 Å². The molecule has 0 aliphatic carbocycles. The van der Waals surface area contributed by atoms with Gasteiger partial charge in [-0.05, 0) is 36.9 Å². The summed E-state index contributed by atoms with van der Waals surface area (Å²) in [6, 6.07) is 12.6. The Hall–Kier alpha value is -2.66. The van der Waals surface area contributed by atoms with Crippen LogP contribution in [0, 0.1) is 0 Å². The number of nitrogens with zero attached hydrogens (tertiary/aromatic N) is 2. The average molecular weight is 349 g/mol. The lowest BCUT2D eigenvalue weighted by atomic mass is 10.0. The third-order valence-electron chi connectivity index (χ3n) is 5.43. The van der Waals surface area contributed by atoms with E-state index in [1.807, 2.05) is 18.2 Å².